The van der Waals surface area contributed by atoms with Crippen molar-refractivity contribution in [1.29, 1.82) is 0 Å². The average molecular weight is 412 g/mol. The number of nitrogens with zero attached hydrogens (tertiary/aromatic N) is 2. The van der Waals surface area contributed by atoms with Crippen LogP contribution in [0.2, 0.25) is 5.02 Å². The molecule has 0 saturated heterocycles. The molecule has 7 heteroatoms. The van der Waals surface area contributed by atoms with Crippen LogP contribution in [0.5, 0.6) is 5.75 Å². The van der Waals surface area contributed by atoms with E-state index in [1.54, 1.807) is 36.5 Å². The fourth-order valence-corrected chi connectivity index (χ4v) is 3.63. The van der Waals surface area contributed by atoms with Crippen LogP contribution in [0.1, 0.15) is 27.3 Å². The van der Waals surface area contributed by atoms with Crippen molar-refractivity contribution >= 4 is 17.5 Å². The van der Waals surface area contributed by atoms with Crippen LogP contribution in [-0.2, 0) is 6.42 Å². The third-order valence-electron chi connectivity index (χ3n) is 4.86. The van der Waals surface area contributed by atoms with Crippen molar-refractivity contribution in [2.75, 3.05) is 6.54 Å². The van der Waals surface area contributed by atoms with E-state index in [0.29, 0.717) is 39.6 Å². The molecule has 1 aromatic heterocycles. The molecule has 0 saturated carbocycles. The Morgan fingerprint density at radius 2 is 2.07 bits per heavy atom. The van der Waals surface area contributed by atoms with Crippen LogP contribution in [0.15, 0.2) is 42.6 Å². The van der Waals surface area contributed by atoms with E-state index in [2.05, 4.69) is 15.3 Å². The van der Waals surface area contributed by atoms with Crippen molar-refractivity contribution in [1.82, 2.24) is 15.3 Å². The number of fused-ring (bicyclic) bond motifs is 1. The summed E-state index contributed by atoms with van der Waals surface area (Å²) in [7, 11) is 0. The van der Waals surface area contributed by atoms with Gasteiger partial charge in [-0.05, 0) is 38.1 Å². The summed E-state index contributed by atoms with van der Waals surface area (Å²) in [5.74, 6) is -0.164. The average Bonchev–Trinajstić information content (AvgIpc) is 3.14. The van der Waals surface area contributed by atoms with Crippen molar-refractivity contribution in [3.8, 4) is 17.0 Å². The van der Waals surface area contributed by atoms with Gasteiger partial charge in [-0.2, -0.15) is 0 Å². The molecule has 2 heterocycles. The molecule has 4 rings (SSSR count). The van der Waals surface area contributed by atoms with Crippen molar-refractivity contribution in [2.45, 2.75) is 26.4 Å². The van der Waals surface area contributed by atoms with Crippen LogP contribution in [0.3, 0.4) is 0 Å². The number of carbonyl (C=O) groups is 1. The second-order valence-corrected chi connectivity index (χ2v) is 7.39. The lowest BCUT2D eigenvalue weighted by Crippen LogP contribution is -2.34. The van der Waals surface area contributed by atoms with Crippen LogP contribution in [0.25, 0.3) is 11.3 Å². The summed E-state index contributed by atoms with van der Waals surface area (Å²) in [5, 5.41) is 3.19. The lowest BCUT2D eigenvalue weighted by Gasteiger charge is -2.14. The molecule has 1 N–H and O–H groups in total. The highest BCUT2D eigenvalue weighted by molar-refractivity contribution is 6.33. The summed E-state index contributed by atoms with van der Waals surface area (Å²) in [5.41, 5.74) is 3.76. The van der Waals surface area contributed by atoms with E-state index in [9.17, 15) is 9.18 Å². The van der Waals surface area contributed by atoms with Crippen molar-refractivity contribution in [2.24, 2.45) is 0 Å². The van der Waals surface area contributed by atoms with Gasteiger partial charge in [-0.1, -0.05) is 23.7 Å². The summed E-state index contributed by atoms with van der Waals surface area (Å²) >= 11 is 6.07. The Morgan fingerprint density at radius 1 is 1.28 bits per heavy atom. The molecule has 148 valence electrons. The number of halogens is 2. The Labute approximate surface area is 172 Å². The number of ether oxygens (including phenoxy) is 1. The molecule has 0 unspecified atom stereocenters. The molecule has 0 fully saturated rings. The number of amides is 1. The van der Waals surface area contributed by atoms with Gasteiger partial charge in [-0.3, -0.25) is 9.78 Å². The van der Waals surface area contributed by atoms with E-state index in [0.717, 1.165) is 11.4 Å². The molecule has 1 aliphatic rings. The first-order valence-corrected chi connectivity index (χ1v) is 9.63. The molecule has 3 aromatic rings. The van der Waals surface area contributed by atoms with E-state index in [4.69, 9.17) is 16.3 Å². The van der Waals surface area contributed by atoms with Crippen LogP contribution in [0, 0.1) is 19.7 Å². The van der Waals surface area contributed by atoms with Gasteiger partial charge in [0.1, 0.15) is 17.7 Å². The topological polar surface area (TPSA) is 64.1 Å². The van der Waals surface area contributed by atoms with Crippen LogP contribution < -0.4 is 10.1 Å². The fraction of sp³-hybridized carbons (Fsp3) is 0.227. The number of benzene rings is 2. The van der Waals surface area contributed by atoms with E-state index in [-0.39, 0.29) is 24.4 Å². The minimum Gasteiger partial charge on any atom is -0.487 e. The number of carbonyl (C=O) groups excluding carboxylic acids is 1. The Balaban J connectivity index is 1.55. The normalized spacial score (nSPS) is 15.0. The number of hydrogen-bond acceptors (Lipinski definition) is 4. The Bertz CT molecular complexity index is 1100. The highest BCUT2D eigenvalue weighted by atomic mass is 35.5. The Morgan fingerprint density at radius 3 is 2.86 bits per heavy atom. The zero-order valence-electron chi connectivity index (χ0n) is 16.0. The van der Waals surface area contributed by atoms with Gasteiger partial charge in [0.2, 0.25) is 0 Å². The Kier molecular flexibility index (Phi) is 5.20. The highest BCUT2D eigenvalue weighted by Crippen LogP contribution is 2.40. The Hall–Kier alpha value is -2.99. The second-order valence-electron chi connectivity index (χ2n) is 6.98. The van der Waals surface area contributed by atoms with Gasteiger partial charge in [0.05, 0.1) is 34.2 Å². The molecule has 0 aliphatic carbocycles. The number of hydrogen-bond donors (Lipinski definition) is 1. The molecule has 0 spiro atoms. The highest BCUT2D eigenvalue weighted by Gasteiger charge is 2.30. The van der Waals surface area contributed by atoms with E-state index in [1.807, 2.05) is 13.8 Å². The van der Waals surface area contributed by atoms with Crippen molar-refractivity contribution in [3.63, 3.8) is 0 Å². The molecule has 2 aromatic carbocycles. The third kappa shape index (κ3) is 3.80. The van der Waals surface area contributed by atoms with Gasteiger partial charge in [0, 0.05) is 23.7 Å². The molecule has 1 amide bonds. The van der Waals surface area contributed by atoms with Crippen LogP contribution in [0.4, 0.5) is 4.39 Å². The number of aryl methyl sites for hydroxylation is 2. The van der Waals surface area contributed by atoms with Crippen molar-refractivity contribution < 1.29 is 13.9 Å². The SMILES string of the molecule is Cc1cnc(C)c(-c2ccc(F)c3c2O[C@H](CNC(=O)c2ccccc2Cl)C3)n1. The summed E-state index contributed by atoms with van der Waals surface area (Å²) in [6.45, 7) is 3.94. The van der Waals surface area contributed by atoms with Gasteiger partial charge in [-0.15, -0.1) is 0 Å². The lowest BCUT2D eigenvalue weighted by molar-refractivity contribution is 0.0934. The maximum Gasteiger partial charge on any atom is 0.252 e. The first-order valence-electron chi connectivity index (χ1n) is 9.25. The number of nitrogens with one attached hydrogen (secondary N) is 1. The summed E-state index contributed by atoms with van der Waals surface area (Å²) in [4.78, 5) is 21.3. The largest absolute Gasteiger partial charge is 0.487 e. The zero-order chi connectivity index (χ0) is 20.5. The fourth-order valence-electron chi connectivity index (χ4n) is 3.40. The molecule has 0 radical (unpaired) electrons. The summed E-state index contributed by atoms with van der Waals surface area (Å²) in [6, 6.07) is 9.90. The monoisotopic (exact) mass is 411 g/mol. The third-order valence-corrected chi connectivity index (χ3v) is 5.19. The zero-order valence-corrected chi connectivity index (χ0v) is 16.8. The minimum absolute atomic E-state index is 0.232. The molecule has 29 heavy (non-hydrogen) atoms. The quantitative estimate of drug-likeness (QED) is 0.695. The molecule has 1 atom stereocenters. The molecule has 5 nitrogen and oxygen atoms in total. The molecule has 0 bridgehead atoms. The van der Waals surface area contributed by atoms with Gasteiger partial charge in [0.15, 0.2) is 0 Å². The second kappa shape index (κ2) is 7.79. The maximum atomic E-state index is 14.4. The predicted octanol–water partition coefficient (Wildman–Crippen LogP) is 4.29. The lowest BCUT2D eigenvalue weighted by atomic mass is 10.0. The van der Waals surface area contributed by atoms with Gasteiger partial charge in [-0.25, -0.2) is 9.37 Å². The standard InChI is InChI=1S/C22H19ClFN3O2/c1-12-10-25-13(2)20(27-12)16-7-8-19(24)17-9-14(29-21(16)17)11-26-22(28)15-5-3-4-6-18(15)23/h3-8,10,14H,9,11H2,1-2H3,(H,26,28)/t14-/m0/s1. The predicted molar refractivity (Wildman–Crippen MR) is 109 cm³/mol. The first-order chi connectivity index (χ1) is 13.9. The van der Waals surface area contributed by atoms with Gasteiger partial charge < -0.3 is 10.1 Å². The number of aromatic nitrogens is 2. The van der Waals surface area contributed by atoms with Crippen LogP contribution in [-0.4, -0.2) is 28.5 Å². The van der Waals surface area contributed by atoms with E-state index >= 15 is 0 Å². The van der Waals surface area contributed by atoms with E-state index < -0.39 is 0 Å². The van der Waals surface area contributed by atoms with Crippen molar-refractivity contribution in [3.05, 3.63) is 75.9 Å². The minimum atomic E-state index is -0.384. The van der Waals surface area contributed by atoms with Crippen LogP contribution >= 0.6 is 11.6 Å². The molecular weight excluding hydrogens is 393 g/mol. The van der Waals surface area contributed by atoms with Gasteiger partial charge in [0.25, 0.3) is 5.91 Å². The summed E-state index contributed by atoms with van der Waals surface area (Å²) in [6.07, 6.45) is 1.66. The molecular formula is C22H19ClFN3O2. The maximum absolute atomic E-state index is 14.4. The molecule has 1 aliphatic heterocycles. The summed E-state index contributed by atoms with van der Waals surface area (Å²) < 4.78 is 20.5. The number of rotatable bonds is 4. The van der Waals surface area contributed by atoms with E-state index in [1.165, 1.54) is 6.07 Å². The smallest absolute Gasteiger partial charge is 0.252 e. The van der Waals surface area contributed by atoms with Gasteiger partial charge >= 0.3 is 0 Å². The first kappa shape index (κ1) is 19.3.